The van der Waals surface area contributed by atoms with Crippen molar-refractivity contribution in [2.24, 2.45) is 0 Å². The first-order valence-electron chi connectivity index (χ1n) is 10.1. The maximum absolute atomic E-state index is 12.6. The molecule has 170 valence electrons. The molecule has 0 spiro atoms. The molecule has 0 saturated carbocycles. The molecule has 0 atom stereocenters. The van der Waals surface area contributed by atoms with E-state index in [0.717, 1.165) is 17.0 Å². The summed E-state index contributed by atoms with van der Waals surface area (Å²) >= 11 is 6.02. The van der Waals surface area contributed by atoms with Gasteiger partial charge in [-0.3, -0.25) is 4.72 Å². The highest BCUT2D eigenvalue weighted by molar-refractivity contribution is 7.92. The molecule has 0 radical (unpaired) electrons. The third-order valence-corrected chi connectivity index (χ3v) is 7.01. The lowest BCUT2D eigenvalue weighted by Crippen LogP contribution is -2.13. The van der Waals surface area contributed by atoms with Crippen LogP contribution in [0, 0.1) is 27.7 Å². The van der Waals surface area contributed by atoms with Gasteiger partial charge in [-0.15, -0.1) is 0 Å². The SMILES string of the molecule is Cc1nc(Oc2ccc(NS(=O)(=O)c3ccccc3Cl)cc2)cc(-n2nc(C)c(C)c2C)n1. The Labute approximate surface area is 197 Å². The van der Waals surface area contributed by atoms with Crippen LogP contribution in [-0.4, -0.2) is 28.2 Å². The molecule has 10 heteroatoms. The van der Waals surface area contributed by atoms with Crippen LogP contribution in [0.2, 0.25) is 5.02 Å². The van der Waals surface area contributed by atoms with E-state index in [-0.39, 0.29) is 9.92 Å². The van der Waals surface area contributed by atoms with Crippen LogP contribution >= 0.6 is 11.6 Å². The highest BCUT2D eigenvalue weighted by atomic mass is 35.5. The van der Waals surface area contributed by atoms with E-state index in [2.05, 4.69) is 19.8 Å². The van der Waals surface area contributed by atoms with E-state index in [0.29, 0.717) is 29.0 Å². The molecule has 4 rings (SSSR count). The molecular formula is C23H22ClN5O3S. The molecule has 0 saturated heterocycles. The second-order valence-corrected chi connectivity index (χ2v) is 9.54. The van der Waals surface area contributed by atoms with Crippen molar-refractivity contribution in [3.63, 3.8) is 0 Å². The molecule has 0 unspecified atom stereocenters. The minimum atomic E-state index is -3.82. The number of halogens is 1. The number of anilines is 1. The van der Waals surface area contributed by atoms with Crippen molar-refractivity contribution in [2.75, 3.05) is 4.72 Å². The van der Waals surface area contributed by atoms with Gasteiger partial charge in [0.25, 0.3) is 10.0 Å². The Balaban J connectivity index is 1.54. The maximum Gasteiger partial charge on any atom is 0.263 e. The van der Waals surface area contributed by atoms with Gasteiger partial charge in [0.1, 0.15) is 16.5 Å². The molecule has 2 aromatic heterocycles. The van der Waals surface area contributed by atoms with Gasteiger partial charge in [0, 0.05) is 17.4 Å². The van der Waals surface area contributed by atoms with Crippen molar-refractivity contribution in [1.29, 1.82) is 0 Å². The largest absolute Gasteiger partial charge is 0.439 e. The summed E-state index contributed by atoms with van der Waals surface area (Å²) in [5.74, 6) is 1.99. The van der Waals surface area contributed by atoms with Crippen LogP contribution < -0.4 is 9.46 Å². The first-order chi connectivity index (χ1) is 15.6. The Kier molecular flexibility index (Phi) is 6.09. The third-order valence-electron chi connectivity index (χ3n) is 5.13. The first kappa shape index (κ1) is 22.8. The Morgan fingerprint density at radius 2 is 1.67 bits per heavy atom. The molecule has 0 aliphatic heterocycles. The Morgan fingerprint density at radius 1 is 0.970 bits per heavy atom. The lowest BCUT2D eigenvalue weighted by molar-refractivity contribution is 0.459. The van der Waals surface area contributed by atoms with Gasteiger partial charge in [-0.2, -0.15) is 10.1 Å². The summed E-state index contributed by atoms with van der Waals surface area (Å²) < 4.78 is 35.4. The van der Waals surface area contributed by atoms with Crippen LogP contribution in [-0.2, 0) is 10.0 Å². The molecule has 0 bridgehead atoms. The number of aryl methyl sites for hydroxylation is 2. The molecule has 2 heterocycles. The number of hydrogen-bond acceptors (Lipinski definition) is 6. The van der Waals surface area contributed by atoms with Gasteiger partial charge in [-0.05, 0) is 69.7 Å². The number of aromatic nitrogens is 4. The molecular weight excluding hydrogens is 462 g/mol. The fourth-order valence-corrected chi connectivity index (χ4v) is 4.79. The summed E-state index contributed by atoms with van der Waals surface area (Å²) in [5, 5.41) is 4.69. The molecule has 4 aromatic rings. The van der Waals surface area contributed by atoms with Gasteiger partial charge in [-0.25, -0.2) is 18.1 Å². The second kappa shape index (κ2) is 8.84. The summed E-state index contributed by atoms with van der Waals surface area (Å²) in [6, 6.07) is 14.5. The zero-order chi connectivity index (χ0) is 23.8. The normalized spacial score (nSPS) is 11.4. The number of nitrogens with zero attached hydrogens (tertiary/aromatic N) is 4. The molecule has 0 fully saturated rings. The quantitative estimate of drug-likeness (QED) is 0.407. The molecule has 33 heavy (non-hydrogen) atoms. The fourth-order valence-electron chi connectivity index (χ4n) is 3.21. The molecule has 1 N–H and O–H groups in total. The topological polar surface area (TPSA) is 99.0 Å². The Morgan fingerprint density at radius 3 is 2.30 bits per heavy atom. The smallest absolute Gasteiger partial charge is 0.263 e. The van der Waals surface area contributed by atoms with Crippen molar-refractivity contribution in [2.45, 2.75) is 32.6 Å². The highest BCUT2D eigenvalue weighted by Crippen LogP contribution is 2.27. The van der Waals surface area contributed by atoms with Crippen molar-refractivity contribution in [3.05, 3.63) is 82.4 Å². The zero-order valence-electron chi connectivity index (χ0n) is 18.5. The fraction of sp³-hybridized carbons (Fsp3) is 0.174. The standard InChI is InChI=1S/C23H22ClN5O3S/c1-14-15(2)27-29(16(14)3)22-13-23(26-17(4)25-22)32-19-11-9-18(10-12-19)28-33(30,31)21-8-6-5-7-20(21)24/h5-13,28H,1-4H3. The average molecular weight is 484 g/mol. The van der Waals surface area contributed by atoms with Gasteiger partial charge in [0.2, 0.25) is 5.88 Å². The van der Waals surface area contributed by atoms with Gasteiger partial charge in [0.05, 0.1) is 10.7 Å². The minimum Gasteiger partial charge on any atom is -0.439 e. The lowest BCUT2D eigenvalue weighted by atomic mass is 10.2. The van der Waals surface area contributed by atoms with Gasteiger partial charge in [0.15, 0.2) is 5.82 Å². The Hall–Kier alpha value is -3.43. The predicted octanol–water partition coefficient (Wildman–Crippen LogP) is 5.14. The van der Waals surface area contributed by atoms with Crippen LogP contribution in [0.25, 0.3) is 5.82 Å². The van der Waals surface area contributed by atoms with Gasteiger partial charge in [-0.1, -0.05) is 23.7 Å². The highest BCUT2D eigenvalue weighted by Gasteiger charge is 2.18. The van der Waals surface area contributed by atoms with Crippen LogP contribution in [0.4, 0.5) is 5.69 Å². The third kappa shape index (κ3) is 4.84. The average Bonchev–Trinajstić information content (AvgIpc) is 3.02. The molecule has 2 aromatic carbocycles. The van der Waals surface area contributed by atoms with E-state index < -0.39 is 10.0 Å². The number of nitrogens with one attached hydrogen (secondary N) is 1. The first-order valence-corrected chi connectivity index (χ1v) is 11.9. The Bertz CT molecular complexity index is 1430. The predicted molar refractivity (Wildman–Crippen MR) is 127 cm³/mol. The number of rotatable bonds is 6. The van der Waals surface area contributed by atoms with Crippen LogP contribution in [0.15, 0.2) is 59.5 Å². The number of sulfonamides is 1. The van der Waals surface area contributed by atoms with Crippen molar-refractivity contribution in [3.8, 4) is 17.4 Å². The van der Waals surface area contributed by atoms with E-state index in [9.17, 15) is 8.42 Å². The van der Waals surface area contributed by atoms with Crippen molar-refractivity contribution in [1.82, 2.24) is 19.7 Å². The summed E-state index contributed by atoms with van der Waals surface area (Å²) in [7, 11) is -3.82. The number of hydrogen-bond donors (Lipinski definition) is 1. The summed E-state index contributed by atoms with van der Waals surface area (Å²) in [4.78, 5) is 8.83. The number of benzene rings is 2. The van der Waals surface area contributed by atoms with Crippen LogP contribution in [0.1, 0.15) is 22.8 Å². The van der Waals surface area contributed by atoms with Gasteiger partial charge >= 0.3 is 0 Å². The minimum absolute atomic E-state index is 0.00960. The summed E-state index contributed by atoms with van der Waals surface area (Å²) in [6.07, 6.45) is 0. The van der Waals surface area contributed by atoms with E-state index >= 15 is 0 Å². The monoisotopic (exact) mass is 483 g/mol. The van der Waals surface area contributed by atoms with Crippen LogP contribution in [0.5, 0.6) is 11.6 Å². The zero-order valence-corrected chi connectivity index (χ0v) is 20.1. The van der Waals surface area contributed by atoms with Crippen molar-refractivity contribution < 1.29 is 13.2 Å². The molecule has 0 amide bonds. The van der Waals surface area contributed by atoms with E-state index in [1.54, 1.807) is 54.1 Å². The summed E-state index contributed by atoms with van der Waals surface area (Å²) in [6.45, 7) is 7.73. The number of ether oxygens (including phenoxy) is 1. The van der Waals surface area contributed by atoms with Crippen molar-refractivity contribution >= 4 is 27.3 Å². The molecule has 8 nitrogen and oxygen atoms in total. The molecule has 0 aliphatic rings. The van der Waals surface area contributed by atoms with E-state index in [1.807, 2.05) is 20.8 Å². The van der Waals surface area contributed by atoms with E-state index in [4.69, 9.17) is 16.3 Å². The lowest BCUT2D eigenvalue weighted by Gasteiger charge is -2.11. The molecule has 0 aliphatic carbocycles. The van der Waals surface area contributed by atoms with Gasteiger partial charge < -0.3 is 4.74 Å². The van der Waals surface area contributed by atoms with E-state index in [1.165, 1.54) is 12.1 Å². The summed E-state index contributed by atoms with van der Waals surface area (Å²) in [5.41, 5.74) is 3.40. The second-order valence-electron chi connectivity index (χ2n) is 7.48. The van der Waals surface area contributed by atoms with Crippen LogP contribution in [0.3, 0.4) is 0 Å². The maximum atomic E-state index is 12.6.